The van der Waals surface area contributed by atoms with E-state index in [1.165, 1.54) is 20.7 Å². The standard InChI is InChI=1S/C12H17BrN2O4S2/c1-2-20(16,17)14-7-9-15(10-8-14)21(18,19)12-5-3-11(13)4-6-12/h3-6H,2,7-10H2,1H3. The lowest BCUT2D eigenvalue weighted by molar-refractivity contribution is 0.273. The van der Waals surface area contributed by atoms with E-state index in [2.05, 4.69) is 15.9 Å². The van der Waals surface area contributed by atoms with Gasteiger partial charge in [-0.2, -0.15) is 8.61 Å². The Morgan fingerprint density at radius 3 is 1.90 bits per heavy atom. The van der Waals surface area contributed by atoms with Crippen LogP contribution >= 0.6 is 15.9 Å². The zero-order valence-corrected chi connectivity index (χ0v) is 14.8. The first kappa shape index (κ1) is 16.9. The second kappa shape index (κ2) is 6.33. The first-order valence-electron chi connectivity index (χ1n) is 6.51. The molecule has 0 atom stereocenters. The van der Waals surface area contributed by atoms with E-state index in [1.807, 2.05) is 0 Å². The zero-order valence-electron chi connectivity index (χ0n) is 11.6. The van der Waals surface area contributed by atoms with Crippen molar-refractivity contribution in [3.05, 3.63) is 28.7 Å². The minimum Gasteiger partial charge on any atom is -0.212 e. The molecule has 0 bridgehead atoms. The van der Waals surface area contributed by atoms with Crippen LogP contribution < -0.4 is 0 Å². The monoisotopic (exact) mass is 396 g/mol. The number of rotatable bonds is 4. The third-order valence-corrected chi connectivity index (χ3v) is 7.73. The highest BCUT2D eigenvalue weighted by Crippen LogP contribution is 2.20. The Hall–Kier alpha value is -0.480. The van der Waals surface area contributed by atoms with Crippen LogP contribution in [0.3, 0.4) is 0 Å². The van der Waals surface area contributed by atoms with Crippen molar-refractivity contribution in [2.75, 3.05) is 31.9 Å². The van der Waals surface area contributed by atoms with Crippen molar-refractivity contribution >= 4 is 36.0 Å². The third-order valence-electron chi connectivity index (χ3n) is 3.41. The molecular weight excluding hydrogens is 380 g/mol. The molecule has 21 heavy (non-hydrogen) atoms. The van der Waals surface area contributed by atoms with E-state index in [0.717, 1.165) is 4.47 Å². The maximum absolute atomic E-state index is 12.5. The van der Waals surface area contributed by atoms with Gasteiger partial charge in [0.2, 0.25) is 20.0 Å². The van der Waals surface area contributed by atoms with E-state index >= 15 is 0 Å². The molecule has 1 saturated heterocycles. The highest BCUT2D eigenvalue weighted by Gasteiger charge is 2.32. The van der Waals surface area contributed by atoms with Gasteiger partial charge in [0.05, 0.1) is 10.6 Å². The summed E-state index contributed by atoms with van der Waals surface area (Å²) in [5.41, 5.74) is 0. The van der Waals surface area contributed by atoms with Crippen molar-refractivity contribution in [3.8, 4) is 0 Å². The maximum Gasteiger partial charge on any atom is 0.243 e. The molecule has 0 unspecified atom stereocenters. The van der Waals surface area contributed by atoms with Crippen LogP contribution in [0, 0.1) is 0 Å². The summed E-state index contributed by atoms with van der Waals surface area (Å²) < 4.78 is 52.0. The van der Waals surface area contributed by atoms with E-state index in [0.29, 0.717) is 0 Å². The van der Waals surface area contributed by atoms with Crippen LogP contribution in [0.4, 0.5) is 0 Å². The predicted molar refractivity (Wildman–Crippen MR) is 83.9 cm³/mol. The second-order valence-electron chi connectivity index (χ2n) is 4.66. The molecule has 1 fully saturated rings. The van der Waals surface area contributed by atoms with Crippen LogP contribution in [0.2, 0.25) is 0 Å². The summed E-state index contributed by atoms with van der Waals surface area (Å²) in [7, 11) is -6.82. The quantitative estimate of drug-likeness (QED) is 0.763. The molecule has 1 aromatic carbocycles. The Balaban J connectivity index is 2.13. The number of sulfonamides is 2. The van der Waals surface area contributed by atoms with Crippen molar-refractivity contribution in [1.29, 1.82) is 0 Å². The largest absolute Gasteiger partial charge is 0.243 e. The predicted octanol–water partition coefficient (Wildman–Crippen LogP) is 1.11. The first-order chi connectivity index (χ1) is 9.77. The van der Waals surface area contributed by atoms with E-state index in [9.17, 15) is 16.8 Å². The van der Waals surface area contributed by atoms with Gasteiger partial charge in [0.25, 0.3) is 0 Å². The zero-order chi connectivity index (χ0) is 15.7. The average Bonchev–Trinajstić information content (AvgIpc) is 2.48. The summed E-state index contributed by atoms with van der Waals surface area (Å²) in [4.78, 5) is 0.220. The van der Waals surface area contributed by atoms with Gasteiger partial charge >= 0.3 is 0 Å². The number of nitrogens with zero attached hydrogens (tertiary/aromatic N) is 2. The van der Waals surface area contributed by atoms with Crippen LogP contribution in [0.1, 0.15) is 6.92 Å². The van der Waals surface area contributed by atoms with Gasteiger partial charge in [-0.1, -0.05) is 15.9 Å². The smallest absolute Gasteiger partial charge is 0.212 e. The van der Waals surface area contributed by atoms with Gasteiger partial charge in [0.1, 0.15) is 0 Å². The highest BCUT2D eigenvalue weighted by molar-refractivity contribution is 9.10. The summed E-state index contributed by atoms with van der Waals surface area (Å²) in [6.07, 6.45) is 0. The van der Waals surface area contributed by atoms with Gasteiger partial charge < -0.3 is 0 Å². The van der Waals surface area contributed by atoms with Crippen molar-refractivity contribution in [2.24, 2.45) is 0 Å². The van der Waals surface area contributed by atoms with Gasteiger partial charge in [-0.25, -0.2) is 16.8 Å². The Morgan fingerprint density at radius 1 is 0.952 bits per heavy atom. The SMILES string of the molecule is CCS(=O)(=O)N1CCN(S(=O)(=O)c2ccc(Br)cc2)CC1. The summed E-state index contributed by atoms with van der Waals surface area (Å²) >= 11 is 3.26. The molecule has 0 N–H and O–H groups in total. The fraction of sp³-hybridized carbons (Fsp3) is 0.500. The van der Waals surface area contributed by atoms with Crippen molar-refractivity contribution in [3.63, 3.8) is 0 Å². The van der Waals surface area contributed by atoms with E-state index in [1.54, 1.807) is 19.1 Å². The minimum atomic E-state index is -3.56. The van der Waals surface area contributed by atoms with Gasteiger partial charge in [-0.05, 0) is 31.2 Å². The van der Waals surface area contributed by atoms with Gasteiger partial charge in [0.15, 0.2) is 0 Å². The van der Waals surface area contributed by atoms with E-state index < -0.39 is 20.0 Å². The Labute approximate surface area is 134 Å². The molecule has 0 saturated carbocycles. The van der Waals surface area contributed by atoms with Gasteiger partial charge in [0, 0.05) is 30.7 Å². The first-order valence-corrected chi connectivity index (χ1v) is 10.3. The molecule has 6 nitrogen and oxygen atoms in total. The number of hydrogen-bond acceptors (Lipinski definition) is 4. The Morgan fingerprint density at radius 2 is 1.43 bits per heavy atom. The lowest BCUT2D eigenvalue weighted by atomic mass is 10.4. The molecule has 1 aliphatic heterocycles. The molecule has 0 spiro atoms. The van der Waals surface area contributed by atoms with E-state index in [4.69, 9.17) is 0 Å². The number of piperazine rings is 1. The molecule has 0 aromatic heterocycles. The van der Waals surface area contributed by atoms with Gasteiger partial charge in [-0.3, -0.25) is 0 Å². The molecule has 9 heteroatoms. The number of benzene rings is 1. The molecule has 0 aliphatic carbocycles. The molecule has 118 valence electrons. The summed E-state index contributed by atoms with van der Waals surface area (Å²) in [6.45, 7) is 2.34. The highest BCUT2D eigenvalue weighted by atomic mass is 79.9. The molecule has 0 amide bonds. The minimum absolute atomic E-state index is 0.0342. The Kier molecular flexibility index (Phi) is 5.09. The summed E-state index contributed by atoms with van der Waals surface area (Å²) in [5.74, 6) is 0.0342. The molecule has 0 radical (unpaired) electrons. The van der Waals surface area contributed by atoms with Crippen molar-refractivity contribution in [2.45, 2.75) is 11.8 Å². The van der Waals surface area contributed by atoms with Crippen LogP contribution in [0.25, 0.3) is 0 Å². The van der Waals surface area contributed by atoms with Crippen molar-refractivity contribution in [1.82, 2.24) is 8.61 Å². The normalized spacial score (nSPS) is 18.8. The van der Waals surface area contributed by atoms with Crippen LogP contribution in [0.5, 0.6) is 0 Å². The lowest BCUT2D eigenvalue weighted by Crippen LogP contribution is -2.50. The third kappa shape index (κ3) is 3.65. The fourth-order valence-electron chi connectivity index (χ4n) is 2.13. The van der Waals surface area contributed by atoms with Gasteiger partial charge in [-0.15, -0.1) is 0 Å². The number of halogens is 1. The van der Waals surface area contributed by atoms with Crippen molar-refractivity contribution < 1.29 is 16.8 Å². The fourth-order valence-corrected chi connectivity index (χ4v) is 4.90. The average molecular weight is 397 g/mol. The molecule has 1 aliphatic rings. The molecule has 1 aromatic rings. The summed E-state index contributed by atoms with van der Waals surface area (Å²) in [5, 5.41) is 0. The lowest BCUT2D eigenvalue weighted by Gasteiger charge is -2.33. The molecular formula is C12H17BrN2O4S2. The topological polar surface area (TPSA) is 74.8 Å². The van der Waals surface area contributed by atoms with Crippen LogP contribution in [-0.4, -0.2) is 57.4 Å². The molecule has 1 heterocycles. The van der Waals surface area contributed by atoms with E-state index in [-0.39, 0.29) is 36.8 Å². The van der Waals surface area contributed by atoms with Crippen LogP contribution in [0.15, 0.2) is 33.6 Å². The maximum atomic E-state index is 12.5. The second-order valence-corrected chi connectivity index (χ2v) is 9.77. The summed E-state index contributed by atoms with van der Waals surface area (Å²) in [6, 6.07) is 6.42. The Bertz CT molecular complexity index is 693. The molecule has 2 rings (SSSR count). The number of hydrogen-bond donors (Lipinski definition) is 0. The van der Waals surface area contributed by atoms with Crippen LogP contribution in [-0.2, 0) is 20.0 Å².